The first-order valence-corrected chi connectivity index (χ1v) is 23.1. The second-order valence-electron chi connectivity index (χ2n) is 17.6. The van der Waals surface area contributed by atoms with E-state index in [1.807, 2.05) is 48.5 Å². The number of rotatable bonds is 16. The van der Waals surface area contributed by atoms with E-state index >= 15 is 0 Å². The summed E-state index contributed by atoms with van der Waals surface area (Å²) >= 11 is 0. The summed E-state index contributed by atoms with van der Waals surface area (Å²) in [5, 5.41) is 7.43. The van der Waals surface area contributed by atoms with Gasteiger partial charge in [-0.15, -0.1) is 0 Å². The summed E-state index contributed by atoms with van der Waals surface area (Å²) in [5.74, 6) is 0. The maximum atomic E-state index is 11.7. The van der Waals surface area contributed by atoms with Crippen LogP contribution in [0.4, 0.5) is 0 Å². The summed E-state index contributed by atoms with van der Waals surface area (Å²) < 4.78 is 7.69. The molecule has 0 atom stereocenters. The van der Waals surface area contributed by atoms with Gasteiger partial charge in [0.1, 0.15) is 18.9 Å². The van der Waals surface area contributed by atoms with Gasteiger partial charge < -0.3 is 13.7 Å². The largest absolute Gasteiger partial charge is 0.343 e. The molecule has 0 bridgehead atoms. The fraction of sp³-hybridized carbons (Fsp3) is 0.224. The van der Waals surface area contributed by atoms with Crippen LogP contribution in [0.3, 0.4) is 0 Å². The Balaban J connectivity index is 1.39. The van der Waals surface area contributed by atoms with Crippen LogP contribution in [0.5, 0.6) is 0 Å². The third-order valence-electron chi connectivity index (χ3n) is 13.6. The van der Waals surface area contributed by atoms with Crippen molar-refractivity contribution in [2.45, 2.75) is 78.3 Å². The summed E-state index contributed by atoms with van der Waals surface area (Å²) in [5.41, 5.74) is 15.9. The maximum absolute atomic E-state index is 11.7. The Labute approximate surface area is 373 Å². The average molecular weight is 840 g/mol. The van der Waals surface area contributed by atoms with Crippen LogP contribution in [-0.2, 0) is 20.1 Å². The van der Waals surface area contributed by atoms with Crippen LogP contribution >= 0.6 is 0 Å². The number of unbranched alkanes of at least 4 members (excludes halogenated alkanes) is 6. The number of benzene rings is 7. The molecule has 3 aromatic heterocycles. The Morgan fingerprint density at radius 1 is 0.375 bits per heavy atom. The number of aromatic nitrogens is 3. The molecule has 0 radical (unpaired) electrons. The van der Waals surface area contributed by atoms with Gasteiger partial charge in [0.25, 0.3) is 0 Å². The van der Waals surface area contributed by atoms with Crippen LogP contribution in [0.15, 0.2) is 127 Å². The summed E-state index contributed by atoms with van der Waals surface area (Å²) in [6.45, 7) is 6.34. The summed E-state index contributed by atoms with van der Waals surface area (Å²) in [6.07, 6.45) is 11.9. The van der Waals surface area contributed by atoms with Gasteiger partial charge in [0.15, 0.2) is 0 Å². The lowest BCUT2D eigenvalue weighted by Crippen LogP contribution is -2.00. The third kappa shape index (κ3) is 6.93. The van der Waals surface area contributed by atoms with Crippen molar-refractivity contribution < 1.29 is 14.4 Å². The quantitative estimate of drug-likeness (QED) is 0.0719. The number of nitrogens with zero attached hydrogens (tertiary/aromatic N) is 3. The van der Waals surface area contributed by atoms with E-state index in [1.54, 1.807) is 0 Å². The Hall–Kier alpha value is -7.05. The van der Waals surface area contributed by atoms with Crippen LogP contribution in [0.1, 0.15) is 96.3 Å². The fourth-order valence-corrected chi connectivity index (χ4v) is 10.3. The first-order valence-electron chi connectivity index (χ1n) is 23.1. The number of carbonyl (C=O) groups is 3. The molecule has 0 saturated carbocycles. The third-order valence-corrected chi connectivity index (χ3v) is 13.6. The van der Waals surface area contributed by atoms with E-state index in [4.69, 9.17) is 0 Å². The van der Waals surface area contributed by atoms with Gasteiger partial charge in [0.2, 0.25) is 0 Å². The zero-order valence-corrected chi connectivity index (χ0v) is 37.0. The Bertz CT molecular complexity index is 3360. The molecule has 0 aliphatic heterocycles. The molecule has 10 aromatic rings. The molecule has 318 valence electrons. The zero-order chi connectivity index (χ0) is 43.9. The van der Waals surface area contributed by atoms with Crippen LogP contribution in [0.2, 0.25) is 0 Å². The van der Waals surface area contributed by atoms with Gasteiger partial charge in [-0.1, -0.05) is 143 Å². The second-order valence-corrected chi connectivity index (χ2v) is 17.6. The molecule has 0 N–H and O–H groups in total. The minimum atomic E-state index is 0.663. The lowest BCUT2D eigenvalue weighted by molar-refractivity contribution is 0.111. The number of aldehydes is 3. The molecular formula is C58H53N3O3. The molecule has 0 spiro atoms. The monoisotopic (exact) mass is 839 g/mol. The molecule has 7 aromatic carbocycles. The van der Waals surface area contributed by atoms with Gasteiger partial charge in [-0.3, -0.25) is 14.4 Å². The van der Waals surface area contributed by atoms with E-state index in [0.29, 0.717) is 16.7 Å². The molecule has 6 heteroatoms. The van der Waals surface area contributed by atoms with Crippen molar-refractivity contribution in [3.63, 3.8) is 0 Å². The SMILES string of the molecule is CCCCCCn1c2ccc(-c3ccc(C=O)cc3)cc2c2c3c(c4cc(-c5ccc(C=O)cc5)ccc4n3C)c3c(c4cc(-c5ccc(C=O)cc5)ccc4n3CCCCCC)c21. The van der Waals surface area contributed by atoms with E-state index in [0.717, 1.165) is 91.0 Å². The molecule has 0 saturated heterocycles. The van der Waals surface area contributed by atoms with Crippen LogP contribution in [0.25, 0.3) is 98.8 Å². The van der Waals surface area contributed by atoms with Crippen molar-refractivity contribution >= 4 is 84.3 Å². The van der Waals surface area contributed by atoms with Gasteiger partial charge in [-0.25, -0.2) is 0 Å². The highest BCUT2D eigenvalue weighted by Crippen LogP contribution is 2.49. The summed E-state index contributed by atoms with van der Waals surface area (Å²) in [7, 11) is 2.23. The number of hydrogen-bond donors (Lipinski definition) is 0. The van der Waals surface area contributed by atoms with Gasteiger partial charge >= 0.3 is 0 Å². The molecule has 6 nitrogen and oxygen atoms in total. The Kier molecular flexibility index (Phi) is 11.1. The highest BCUT2D eigenvalue weighted by molar-refractivity contribution is 6.40. The van der Waals surface area contributed by atoms with Crippen molar-refractivity contribution in [1.82, 2.24) is 13.7 Å². The standard InChI is InChI=1S/C58H53N3O3/c1-4-6-8-10-30-60-51-28-25-45(42-20-14-39(36-63)15-21-42)33-48(51)54-56-53(47-32-44(24-27-50(47)59(56)3)41-18-12-38(35-62)13-19-41)57-55(58(54)60)49-34-46(43-22-16-40(37-64)17-23-43)26-29-52(49)61(57)31-11-9-7-5-2/h12-29,32-37H,4-11,30-31H2,1-3H3. The first kappa shape index (κ1) is 41.0. The number of hydrogen-bond acceptors (Lipinski definition) is 3. The van der Waals surface area contributed by atoms with E-state index in [2.05, 4.69) is 113 Å². The van der Waals surface area contributed by atoms with E-state index < -0.39 is 0 Å². The molecule has 0 aliphatic rings. The van der Waals surface area contributed by atoms with E-state index in [1.165, 1.54) is 91.1 Å². The highest BCUT2D eigenvalue weighted by atomic mass is 16.1. The van der Waals surface area contributed by atoms with Crippen molar-refractivity contribution in [1.29, 1.82) is 0 Å². The van der Waals surface area contributed by atoms with Gasteiger partial charge in [-0.05, 0) is 82.6 Å². The smallest absolute Gasteiger partial charge is 0.150 e. The summed E-state index contributed by atoms with van der Waals surface area (Å²) in [4.78, 5) is 35.0. The minimum absolute atomic E-state index is 0.663. The number of fused-ring (bicyclic) bond motifs is 12. The topological polar surface area (TPSA) is 66.0 Å². The molecule has 64 heavy (non-hydrogen) atoms. The normalized spacial score (nSPS) is 11.9. The van der Waals surface area contributed by atoms with Crippen molar-refractivity contribution in [3.05, 3.63) is 144 Å². The van der Waals surface area contributed by atoms with E-state index in [9.17, 15) is 14.4 Å². The fourth-order valence-electron chi connectivity index (χ4n) is 10.3. The van der Waals surface area contributed by atoms with Gasteiger partial charge in [0.05, 0.1) is 16.6 Å². The van der Waals surface area contributed by atoms with Crippen molar-refractivity contribution in [2.75, 3.05) is 0 Å². The van der Waals surface area contributed by atoms with Crippen LogP contribution in [-0.4, -0.2) is 32.6 Å². The molecule has 0 aliphatic carbocycles. The summed E-state index contributed by atoms with van der Waals surface area (Å²) in [6, 6.07) is 44.5. The molecule has 0 unspecified atom stereocenters. The minimum Gasteiger partial charge on any atom is -0.343 e. The predicted octanol–water partition coefficient (Wildman–Crippen LogP) is 15.1. The van der Waals surface area contributed by atoms with Crippen LogP contribution in [0, 0.1) is 0 Å². The molecule has 0 amide bonds. The average Bonchev–Trinajstić information content (AvgIpc) is 3.95. The van der Waals surface area contributed by atoms with Crippen molar-refractivity contribution in [2.24, 2.45) is 7.05 Å². The lowest BCUT2D eigenvalue weighted by Gasteiger charge is -2.12. The molecular weight excluding hydrogens is 787 g/mol. The van der Waals surface area contributed by atoms with Gasteiger partial charge in [-0.2, -0.15) is 0 Å². The van der Waals surface area contributed by atoms with E-state index in [-0.39, 0.29) is 0 Å². The zero-order valence-electron chi connectivity index (χ0n) is 37.0. The van der Waals surface area contributed by atoms with Crippen LogP contribution < -0.4 is 0 Å². The molecule has 0 fully saturated rings. The number of carbonyl (C=O) groups excluding carboxylic acids is 3. The predicted molar refractivity (Wildman–Crippen MR) is 267 cm³/mol. The maximum Gasteiger partial charge on any atom is 0.150 e. The lowest BCUT2D eigenvalue weighted by atomic mass is 9.97. The highest BCUT2D eigenvalue weighted by Gasteiger charge is 2.27. The Morgan fingerprint density at radius 2 is 0.703 bits per heavy atom. The van der Waals surface area contributed by atoms with Crippen molar-refractivity contribution in [3.8, 4) is 33.4 Å². The first-order chi connectivity index (χ1) is 31.5. The Morgan fingerprint density at radius 3 is 1.06 bits per heavy atom. The number of aryl methyl sites for hydroxylation is 3. The molecule has 3 heterocycles. The van der Waals surface area contributed by atoms with Gasteiger partial charge in [0, 0.05) is 85.7 Å². The molecule has 10 rings (SSSR count). The second kappa shape index (κ2) is 17.3.